The van der Waals surface area contributed by atoms with E-state index in [0.717, 1.165) is 0 Å². The molecule has 86 valence electrons. The van der Waals surface area contributed by atoms with Crippen molar-refractivity contribution in [2.45, 2.75) is 6.61 Å². The van der Waals surface area contributed by atoms with Crippen LogP contribution in [0.3, 0.4) is 0 Å². The maximum Gasteiger partial charge on any atom is 0.146 e. The maximum absolute atomic E-state index is 8.93. The second kappa shape index (κ2) is 5.72. The normalized spacial score (nSPS) is 10.6. The molecule has 0 unspecified atom stereocenters. The largest absolute Gasteiger partial charge is 0.390 e. The second-order valence-corrected chi connectivity index (χ2v) is 3.30. The Morgan fingerprint density at radius 2 is 2.18 bits per heavy atom. The van der Waals surface area contributed by atoms with Gasteiger partial charge in [0.15, 0.2) is 0 Å². The van der Waals surface area contributed by atoms with Gasteiger partial charge in [-0.25, -0.2) is 9.97 Å². The standard InChI is InChI=1S/C12H12N4O/c17-9-11-5-3-4-10(15-11)8-14-16-12-6-1-2-7-13-12/h1-8,17H,9H2,(H,13,16)/b14-8+. The number of aromatic nitrogens is 2. The first-order valence-electron chi connectivity index (χ1n) is 5.15. The molecule has 0 saturated carbocycles. The molecule has 0 aliphatic heterocycles. The fourth-order valence-corrected chi connectivity index (χ4v) is 1.25. The molecule has 0 saturated heterocycles. The lowest BCUT2D eigenvalue weighted by atomic mass is 10.3. The summed E-state index contributed by atoms with van der Waals surface area (Å²) in [5.74, 6) is 0.669. The average Bonchev–Trinajstić information content (AvgIpc) is 2.40. The van der Waals surface area contributed by atoms with E-state index in [9.17, 15) is 0 Å². The van der Waals surface area contributed by atoms with Gasteiger partial charge in [-0.2, -0.15) is 5.10 Å². The van der Waals surface area contributed by atoms with Crippen LogP contribution in [0.4, 0.5) is 5.82 Å². The lowest BCUT2D eigenvalue weighted by Crippen LogP contribution is -1.96. The Balaban J connectivity index is 2.00. The number of hydrazone groups is 1. The minimum atomic E-state index is -0.0741. The molecule has 0 aliphatic carbocycles. The van der Waals surface area contributed by atoms with Crippen LogP contribution in [0.5, 0.6) is 0 Å². The highest BCUT2D eigenvalue weighted by atomic mass is 16.3. The van der Waals surface area contributed by atoms with Crippen molar-refractivity contribution in [3.8, 4) is 0 Å². The highest BCUT2D eigenvalue weighted by molar-refractivity contribution is 5.77. The first-order chi connectivity index (χ1) is 8.38. The van der Waals surface area contributed by atoms with Gasteiger partial charge in [0.2, 0.25) is 0 Å². The summed E-state index contributed by atoms with van der Waals surface area (Å²) in [6.07, 6.45) is 3.26. The van der Waals surface area contributed by atoms with Crippen LogP contribution in [0.25, 0.3) is 0 Å². The molecule has 5 nitrogen and oxygen atoms in total. The number of nitrogens with zero attached hydrogens (tertiary/aromatic N) is 3. The molecule has 0 radical (unpaired) electrons. The van der Waals surface area contributed by atoms with Gasteiger partial charge in [-0.15, -0.1) is 0 Å². The van der Waals surface area contributed by atoms with Gasteiger partial charge in [-0.05, 0) is 24.3 Å². The fraction of sp³-hybridized carbons (Fsp3) is 0.0833. The van der Waals surface area contributed by atoms with Crippen LogP contribution in [0.2, 0.25) is 0 Å². The van der Waals surface area contributed by atoms with Gasteiger partial charge in [-0.1, -0.05) is 12.1 Å². The summed E-state index contributed by atoms with van der Waals surface area (Å²) in [6, 6.07) is 10.9. The summed E-state index contributed by atoms with van der Waals surface area (Å²) >= 11 is 0. The topological polar surface area (TPSA) is 70.4 Å². The monoisotopic (exact) mass is 228 g/mol. The van der Waals surface area contributed by atoms with Crippen LogP contribution < -0.4 is 5.43 Å². The van der Waals surface area contributed by atoms with Crippen LogP contribution in [-0.4, -0.2) is 21.3 Å². The van der Waals surface area contributed by atoms with E-state index in [0.29, 0.717) is 17.2 Å². The lowest BCUT2D eigenvalue weighted by molar-refractivity contribution is 0.277. The number of aliphatic hydroxyl groups excluding tert-OH is 1. The molecule has 0 aliphatic rings. The van der Waals surface area contributed by atoms with Crippen molar-refractivity contribution < 1.29 is 5.11 Å². The van der Waals surface area contributed by atoms with Crippen molar-refractivity contribution in [1.82, 2.24) is 9.97 Å². The van der Waals surface area contributed by atoms with Crippen molar-refractivity contribution in [1.29, 1.82) is 0 Å². The van der Waals surface area contributed by atoms with Gasteiger partial charge in [0, 0.05) is 6.20 Å². The van der Waals surface area contributed by atoms with Gasteiger partial charge in [0.25, 0.3) is 0 Å². The van der Waals surface area contributed by atoms with E-state index >= 15 is 0 Å². The van der Waals surface area contributed by atoms with Crippen molar-refractivity contribution in [3.63, 3.8) is 0 Å². The molecular formula is C12H12N4O. The number of pyridine rings is 2. The van der Waals surface area contributed by atoms with Crippen LogP contribution in [0.15, 0.2) is 47.7 Å². The predicted octanol–water partition coefficient (Wildman–Crippen LogP) is 1.41. The first-order valence-corrected chi connectivity index (χ1v) is 5.15. The molecule has 0 atom stereocenters. The first kappa shape index (κ1) is 11.2. The third kappa shape index (κ3) is 3.35. The molecule has 0 spiro atoms. The number of hydrogen-bond donors (Lipinski definition) is 2. The Kier molecular flexibility index (Phi) is 3.77. The van der Waals surface area contributed by atoms with Crippen LogP contribution in [-0.2, 0) is 6.61 Å². The number of nitrogens with one attached hydrogen (secondary N) is 1. The summed E-state index contributed by atoms with van der Waals surface area (Å²) in [4.78, 5) is 8.22. The smallest absolute Gasteiger partial charge is 0.146 e. The Labute approximate surface area is 98.9 Å². The highest BCUT2D eigenvalue weighted by Crippen LogP contribution is 2.00. The molecule has 0 aromatic carbocycles. The maximum atomic E-state index is 8.93. The molecule has 2 aromatic rings. The van der Waals surface area contributed by atoms with Gasteiger partial charge in [0.1, 0.15) is 5.82 Å². The molecule has 2 rings (SSSR count). The minimum Gasteiger partial charge on any atom is -0.390 e. The SMILES string of the molecule is OCc1cccc(/C=N/Nc2ccccn2)n1. The summed E-state index contributed by atoms with van der Waals surface area (Å²) in [7, 11) is 0. The van der Waals surface area contributed by atoms with Crippen molar-refractivity contribution in [2.24, 2.45) is 5.10 Å². The Morgan fingerprint density at radius 3 is 2.94 bits per heavy atom. The van der Waals surface area contributed by atoms with E-state index in [1.54, 1.807) is 18.5 Å². The average molecular weight is 228 g/mol. The number of hydrogen-bond acceptors (Lipinski definition) is 5. The summed E-state index contributed by atoms with van der Waals surface area (Å²) in [6.45, 7) is -0.0741. The lowest BCUT2D eigenvalue weighted by Gasteiger charge is -1.98. The molecule has 17 heavy (non-hydrogen) atoms. The van der Waals surface area contributed by atoms with Crippen LogP contribution in [0, 0.1) is 0 Å². The van der Waals surface area contributed by atoms with E-state index in [1.165, 1.54) is 0 Å². The zero-order chi connectivity index (χ0) is 11.9. The molecule has 5 heteroatoms. The molecule has 0 amide bonds. The fourth-order valence-electron chi connectivity index (χ4n) is 1.25. The van der Waals surface area contributed by atoms with Crippen molar-refractivity contribution >= 4 is 12.0 Å². The molecule has 0 fully saturated rings. The van der Waals surface area contributed by atoms with Crippen molar-refractivity contribution in [3.05, 3.63) is 54.0 Å². The molecule has 0 bridgehead atoms. The Morgan fingerprint density at radius 1 is 1.24 bits per heavy atom. The molecule has 2 aromatic heterocycles. The number of rotatable bonds is 4. The van der Waals surface area contributed by atoms with E-state index in [1.807, 2.05) is 30.3 Å². The van der Waals surface area contributed by atoms with Gasteiger partial charge in [0.05, 0.1) is 24.2 Å². The third-order valence-electron chi connectivity index (χ3n) is 2.03. The third-order valence-corrected chi connectivity index (χ3v) is 2.03. The molecule has 2 N–H and O–H groups in total. The summed E-state index contributed by atoms with van der Waals surface area (Å²) in [5.41, 5.74) is 4.08. The second-order valence-electron chi connectivity index (χ2n) is 3.30. The number of aliphatic hydroxyl groups is 1. The summed E-state index contributed by atoms with van der Waals surface area (Å²) < 4.78 is 0. The van der Waals surface area contributed by atoms with E-state index in [-0.39, 0.29) is 6.61 Å². The van der Waals surface area contributed by atoms with Gasteiger partial charge in [-0.3, -0.25) is 5.43 Å². The predicted molar refractivity (Wildman–Crippen MR) is 65.6 cm³/mol. The summed E-state index contributed by atoms with van der Waals surface area (Å²) in [5, 5.41) is 12.9. The van der Waals surface area contributed by atoms with E-state index < -0.39 is 0 Å². The van der Waals surface area contributed by atoms with E-state index in [4.69, 9.17) is 5.11 Å². The quantitative estimate of drug-likeness (QED) is 0.613. The van der Waals surface area contributed by atoms with Crippen LogP contribution >= 0.6 is 0 Å². The van der Waals surface area contributed by atoms with Crippen molar-refractivity contribution in [2.75, 3.05) is 5.43 Å². The van der Waals surface area contributed by atoms with Gasteiger partial charge < -0.3 is 5.11 Å². The van der Waals surface area contributed by atoms with Gasteiger partial charge >= 0.3 is 0 Å². The Bertz CT molecular complexity index is 499. The molecular weight excluding hydrogens is 216 g/mol. The van der Waals surface area contributed by atoms with Crippen LogP contribution in [0.1, 0.15) is 11.4 Å². The minimum absolute atomic E-state index is 0.0741. The highest BCUT2D eigenvalue weighted by Gasteiger charge is 1.93. The zero-order valence-electron chi connectivity index (χ0n) is 9.11. The zero-order valence-corrected chi connectivity index (χ0v) is 9.11. The van der Waals surface area contributed by atoms with E-state index in [2.05, 4.69) is 20.5 Å². The molecule has 2 heterocycles. The number of anilines is 1. The Hall–Kier alpha value is -2.27.